The van der Waals surface area contributed by atoms with E-state index in [1.807, 2.05) is 0 Å². The van der Waals surface area contributed by atoms with E-state index in [1.54, 1.807) is 0 Å². The zero-order valence-electron chi connectivity index (χ0n) is 7.17. The van der Waals surface area contributed by atoms with E-state index >= 15 is 0 Å². The monoisotopic (exact) mass is 189 g/mol. The van der Waals surface area contributed by atoms with Crippen molar-refractivity contribution in [3.63, 3.8) is 0 Å². The van der Waals surface area contributed by atoms with Crippen LogP contribution in [0.25, 0.3) is 0 Å². The van der Waals surface area contributed by atoms with Gasteiger partial charge in [-0.3, -0.25) is 0 Å². The van der Waals surface area contributed by atoms with Crippen molar-refractivity contribution in [2.75, 3.05) is 18.5 Å². The first-order valence-corrected chi connectivity index (χ1v) is 4.69. The fourth-order valence-corrected chi connectivity index (χ4v) is 1.46. The molecule has 0 radical (unpaired) electrons. The summed E-state index contributed by atoms with van der Waals surface area (Å²) >= 11 is 1.48. The molecule has 0 unspecified atom stereocenters. The molecule has 0 saturated carbocycles. The van der Waals surface area contributed by atoms with E-state index in [4.69, 9.17) is 0 Å². The van der Waals surface area contributed by atoms with E-state index in [0.717, 1.165) is 5.01 Å². The number of nitrogens with zero attached hydrogens (tertiary/aromatic N) is 2. The van der Waals surface area contributed by atoms with Crippen molar-refractivity contribution >= 4 is 16.5 Å². The van der Waals surface area contributed by atoms with Crippen LogP contribution in [0.2, 0.25) is 0 Å². The summed E-state index contributed by atoms with van der Waals surface area (Å²) in [6.45, 7) is 4.04. The van der Waals surface area contributed by atoms with E-state index in [0.29, 0.717) is 17.6 Å². The van der Waals surface area contributed by atoms with Crippen LogP contribution < -0.4 is 5.32 Å². The molecule has 0 aliphatic heterocycles. The summed E-state index contributed by atoms with van der Waals surface area (Å²) in [5.41, 5.74) is 0. The largest absolute Gasteiger partial charge is 0.357 e. The second-order valence-corrected chi connectivity index (χ2v) is 3.73. The first kappa shape index (κ1) is 9.38. The van der Waals surface area contributed by atoms with Gasteiger partial charge in [0.1, 0.15) is 11.7 Å². The predicted octanol–water partition coefficient (Wildman–Crippen LogP) is 2.04. The molecule has 0 spiro atoms. The molecule has 1 aromatic heterocycles. The van der Waals surface area contributed by atoms with Crippen molar-refractivity contribution in [1.82, 2.24) is 10.2 Å². The molecule has 3 nitrogen and oxygen atoms in total. The Bertz CT molecular complexity index is 236. The van der Waals surface area contributed by atoms with E-state index < -0.39 is 0 Å². The van der Waals surface area contributed by atoms with Gasteiger partial charge in [-0.2, -0.15) is 0 Å². The van der Waals surface area contributed by atoms with Crippen LogP contribution in [0.4, 0.5) is 9.52 Å². The van der Waals surface area contributed by atoms with E-state index in [-0.39, 0.29) is 6.67 Å². The number of nitrogens with one attached hydrogen (secondary N) is 1. The summed E-state index contributed by atoms with van der Waals surface area (Å²) in [7, 11) is 0. The van der Waals surface area contributed by atoms with Gasteiger partial charge in [0, 0.05) is 12.5 Å². The van der Waals surface area contributed by atoms with E-state index in [2.05, 4.69) is 29.4 Å². The highest BCUT2D eigenvalue weighted by molar-refractivity contribution is 7.15. The summed E-state index contributed by atoms with van der Waals surface area (Å²) in [5.74, 6) is 0.392. The normalized spacial score (nSPS) is 10.7. The number of anilines is 1. The smallest absolute Gasteiger partial charge is 0.205 e. The van der Waals surface area contributed by atoms with Crippen molar-refractivity contribution < 1.29 is 4.39 Å². The maximum Gasteiger partial charge on any atom is 0.205 e. The maximum absolute atomic E-state index is 11.7. The minimum absolute atomic E-state index is 0.312. The highest BCUT2D eigenvalue weighted by Crippen LogP contribution is 2.21. The number of rotatable bonds is 4. The number of alkyl halides is 1. The molecule has 0 aliphatic carbocycles. The summed E-state index contributed by atoms with van der Waals surface area (Å²) < 4.78 is 11.7. The molecule has 0 bridgehead atoms. The molecular formula is C7H12FN3S. The molecule has 12 heavy (non-hydrogen) atoms. The molecule has 1 N–H and O–H groups in total. The first-order valence-electron chi connectivity index (χ1n) is 3.87. The lowest BCUT2D eigenvalue weighted by atomic mass is 10.2. The summed E-state index contributed by atoms with van der Waals surface area (Å²) in [5, 5.41) is 12.3. The standard InChI is InChI=1S/C7H12FN3S/c1-5(2)6-10-11-7(12-6)9-4-3-8/h5H,3-4H2,1-2H3,(H,9,11). The van der Waals surface area contributed by atoms with Gasteiger partial charge in [0.2, 0.25) is 5.13 Å². The average molecular weight is 189 g/mol. The van der Waals surface area contributed by atoms with Gasteiger partial charge in [0.25, 0.3) is 0 Å². The molecule has 0 saturated heterocycles. The molecule has 1 aromatic rings. The maximum atomic E-state index is 11.7. The third-order valence-corrected chi connectivity index (χ3v) is 2.49. The van der Waals surface area contributed by atoms with Crippen LogP contribution in [-0.2, 0) is 0 Å². The molecule has 0 fully saturated rings. The molecule has 1 heterocycles. The number of halogens is 1. The van der Waals surface area contributed by atoms with Crippen LogP contribution in [0.15, 0.2) is 0 Å². The van der Waals surface area contributed by atoms with Crippen LogP contribution in [-0.4, -0.2) is 23.4 Å². The van der Waals surface area contributed by atoms with Crippen molar-refractivity contribution in [1.29, 1.82) is 0 Å². The number of hydrogen-bond acceptors (Lipinski definition) is 4. The quantitative estimate of drug-likeness (QED) is 0.787. The van der Waals surface area contributed by atoms with Crippen LogP contribution in [0.3, 0.4) is 0 Å². The highest BCUT2D eigenvalue weighted by Gasteiger charge is 2.06. The molecule has 0 aromatic carbocycles. The molecule has 0 amide bonds. The Kier molecular flexibility index (Phi) is 3.40. The lowest BCUT2D eigenvalue weighted by molar-refractivity contribution is 0.512. The SMILES string of the molecule is CC(C)c1nnc(NCCF)s1. The van der Waals surface area contributed by atoms with E-state index in [9.17, 15) is 4.39 Å². The molecular weight excluding hydrogens is 177 g/mol. The predicted molar refractivity (Wildman–Crippen MR) is 48.5 cm³/mol. The van der Waals surface area contributed by atoms with Gasteiger partial charge in [-0.05, 0) is 0 Å². The van der Waals surface area contributed by atoms with Crippen LogP contribution >= 0.6 is 11.3 Å². The first-order chi connectivity index (χ1) is 5.74. The topological polar surface area (TPSA) is 37.8 Å². The second-order valence-electron chi connectivity index (χ2n) is 2.72. The zero-order valence-corrected chi connectivity index (χ0v) is 7.99. The minimum Gasteiger partial charge on any atom is -0.357 e. The van der Waals surface area contributed by atoms with Gasteiger partial charge < -0.3 is 5.32 Å². The van der Waals surface area contributed by atoms with Crippen molar-refractivity contribution in [2.24, 2.45) is 0 Å². The third kappa shape index (κ3) is 2.41. The van der Waals surface area contributed by atoms with Crippen molar-refractivity contribution in [3.05, 3.63) is 5.01 Å². The van der Waals surface area contributed by atoms with Gasteiger partial charge in [-0.1, -0.05) is 25.2 Å². The van der Waals surface area contributed by atoms with Gasteiger partial charge in [0.05, 0.1) is 0 Å². The lowest BCUT2D eigenvalue weighted by Crippen LogP contribution is -2.01. The third-order valence-electron chi connectivity index (χ3n) is 1.31. The molecule has 0 atom stereocenters. The molecule has 0 aliphatic rings. The fourth-order valence-electron chi connectivity index (χ4n) is 0.694. The average Bonchev–Trinajstić information content (AvgIpc) is 2.48. The summed E-state index contributed by atoms with van der Waals surface area (Å²) in [4.78, 5) is 0. The van der Waals surface area contributed by atoms with Crippen LogP contribution in [0.1, 0.15) is 24.8 Å². The van der Waals surface area contributed by atoms with E-state index in [1.165, 1.54) is 11.3 Å². The Labute approximate surface area is 75.0 Å². The zero-order chi connectivity index (χ0) is 8.97. The Morgan fingerprint density at radius 2 is 2.25 bits per heavy atom. The Morgan fingerprint density at radius 3 is 2.75 bits per heavy atom. The number of aromatic nitrogens is 2. The van der Waals surface area contributed by atoms with Crippen LogP contribution in [0, 0.1) is 0 Å². The fraction of sp³-hybridized carbons (Fsp3) is 0.714. The second kappa shape index (κ2) is 4.35. The van der Waals surface area contributed by atoms with Crippen LogP contribution in [0.5, 0.6) is 0 Å². The Morgan fingerprint density at radius 1 is 1.50 bits per heavy atom. The Balaban J connectivity index is 2.52. The van der Waals surface area contributed by atoms with Gasteiger partial charge in [-0.25, -0.2) is 4.39 Å². The number of hydrogen-bond donors (Lipinski definition) is 1. The Hall–Kier alpha value is -0.710. The minimum atomic E-state index is -0.378. The summed E-state index contributed by atoms with van der Waals surface area (Å²) in [6.07, 6.45) is 0. The van der Waals surface area contributed by atoms with Crippen molar-refractivity contribution in [3.8, 4) is 0 Å². The van der Waals surface area contributed by atoms with Gasteiger partial charge in [-0.15, -0.1) is 10.2 Å². The molecule has 1 rings (SSSR count). The highest BCUT2D eigenvalue weighted by atomic mass is 32.1. The summed E-state index contributed by atoms with van der Waals surface area (Å²) in [6, 6.07) is 0. The van der Waals surface area contributed by atoms with Gasteiger partial charge in [0.15, 0.2) is 0 Å². The molecule has 5 heteroatoms. The van der Waals surface area contributed by atoms with Crippen molar-refractivity contribution in [2.45, 2.75) is 19.8 Å². The lowest BCUT2D eigenvalue weighted by Gasteiger charge is -1.95. The molecule has 68 valence electrons. The van der Waals surface area contributed by atoms with Gasteiger partial charge >= 0.3 is 0 Å².